The van der Waals surface area contributed by atoms with Crippen LogP contribution in [0.5, 0.6) is 5.75 Å². The zero-order valence-corrected chi connectivity index (χ0v) is 17.7. The summed E-state index contributed by atoms with van der Waals surface area (Å²) < 4.78 is 5.69. The van der Waals surface area contributed by atoms with E-state index in [1.54, 1.807) is 42.2 Å². The second kappa shape index (κ2) is 9.07. The van der Waals surface area contributed by atoms with Crippen molar-refractivity contribution in [2.24, 2.45) is 0 Å². The van der Waals surface area contributed by atoms with Crippen LogP contribution >= 0.6 is 34.8 Å². The summed E-state index contributed by atoms with van der Waals surface area (Å²) in [5.41, 5.74) is 0.436. The number of ether oxygens (including phenoxy) is 1. The van der Waals surface area contributed by atoms with E-state index < -0.39 is 11.0 Å². The maximum absolute atomic E-state index is 12.7. The fourth-order valence-electron chi connectivity index (χ4n) is 3.15. The van der Waals surface area contributed by atoms with Gasteiger partial charge in [-0.25, -0.2) is 0 Å². The summed E-state index contributed by atoms with van der Waals surface area (Å²) in [5, 5.41) is 12.2. The Morgan fingerprint density at radius 1 is 1.14 bits per heavy atom. The highest BCUT2D eigenvalue weighted by Crippen LogP contribution is 2.33. The van der Waals surface area contributed by atoms with Gasteiger partial charge < -0.3 is 14.5 Å². The molecule has 1 fully saturated rings. The van der Waals surface area contributed by atoms with E-state index in [2.05, 4.69) is 0 Å². The van der Waals surface area contributed by atoms with Gasteiger partial charge >= 0.3 is 0 Å². The van der Waals surface area contributed by atoms with Crippen molar-refractivity contribution in [3.63, 3.8) is 0 Å². The summed E-state index contributed by atoms with van der Waals surface area (Å²) in [6.07, 6.45) is -0.748. The molecule has 29 heavy (non-hydrogen) atoms. The van der Waals surface area contributed by atoms with Crippen LogP contribution < -0.4 is 9.64 Å². The fraction of sp³-hybridized carbons (Fsp3) is 0.316. The van der Waals surface area contributed by atoms with Crippen LogP contribution in [-0.2, 0) is 4.79 Å². The van der Waals surface area contributed by atoms with Gasteiger partial charge in [-0.2, -0.15) is 0 Å². The van der Waals surface area contributed by atoms with Crippen molar-refractivity contribution in [3.8, 4) is 5.75 Å². The van der Waals surface area contributed by atoms with Gasteiger partial charge in [-0.05, 0) is 31.2 Å². The molecule has 0 spiro atoms. The van der Waals surface area contributed by atoms with Crippen LogP contribution in [-0.4, -0.2) is 48.0 Å². The van der Waals surface area contributed by atoms with Crippen LogP contribution in [0, 0.1) is 10.1 Å². The van der Waals surface area contributed by atoms with Gasteiger partial charge in [0.2, 0.25) is 0 Å². The first-order valence-corrected chi connectivity index (χ1v) is 9.99. The summed E-state index contributed by atoms with van der Waals surface area (Å²) in [6, 6.07) is 9.56. The molecule has 0 N–H and O–H groups in total. The topological polar surface area (TPSA) is 75.9 Å². The van der Waals surface area contributed by atoms with E-state index >= 15 is 0 Å². The zero-order valence-electron chi connectivity index (χ0n) is 15.5. The van der Waals surface area contributed by atoms with Crippen LogP contribution in [0.1, 0.15) is 6.92 Å². The molecule has 0 aromatic heterocycles. The molecule has 0 saturated carbocycles. The minimum Gasteiger partial charge on any atom is -0.479 e. The molecule has 154 valence electrons. The van der Waals surface area contributed by atoms with E-state index in [-0.39, 0.29) is 16.6 Å². The van der Waals surface area contributed by atoms with E-state index in [1.165, 1.54) is 6.07 Å². The van der Waals surface area contributed by atoms with Crippen molar-refractivity contribution in [2.45, 2.75) is 13.0 Å². The number of hydrogen-bond donors (Lipinski definition) is 0. The van der Waals surface area contributed by atoms with Gasteiger partial charge in [0.15, 0.2) is 6.10 Å². The first-order valence-electron chi connectivity index (χ1n) is 8.86. The number of carbonyl (C=O) groups is 1. The van der Waals surface area contributed by atoms with Crippen molar-refractivity contribution < 1.29 is 14.5 Å². The van der Waals surface area contributed by atoms with Gasteiger partial charge in [-0.1, -0.05) is 40.9 Å². The van der Waals surface area contributed by atoms with E-state index in [1.807, 2.05) is 4.90 Å². The van der Waals surface area contributed by atoms with Crippen molar-refractivity contribution >= 4 is 52.1 Å². The molecule has 1 aliphatic rings. The van der Waals surface area contributed by atoms with Crippen molar-refractivity contribution in [1.82, 2.24) is 4.90 Å². The Hall–Kier alpha value is -2.22. The number of benzene rings is 2. The Morgan fingerprint density at radius 3 is 2.48 bits per heavy atom. The number of halogens is 3. The number of nitro benzene ring substituents is 1. The summed E-state index contributed by atoms with van der Waals surface area (Å²) in [6.45, 7) is 3.39. The molecule has 2 aromatic rings. The normalized spacial score (nSPS) is 15.2. The second-order valence-electron chi connectivity index (χ2n) is 6.51. The summed E-state index contributed by atoms with van der Waals surface area (Å²) in [4.78, 5) is 27.2. The van der Waals surface area contributed by atoms with Crippen LogP contribution in [0.4, 0.5) is 11.4 Å². The zero-order chi connectivity index (χ0) is 21.1. The van der Waals surface area contributed by atoms with Crippen LogP contribution in [0.15, 0.2) is 36.4 Å². The van der Waals surface area contributed by atoms with Gasteiger partial charge in [0.05, 0.1) is 9.95 Å². The van der Waals surface area contributed by atoms with Crippen molar-refractivity contribution in [2.75, 3.05) is 31.1 Å². The lowest BCUT2D eigenvalue weighted by Crippen LogP contribution is -2.52. The fourth-order valence-corrected chi connectivity index (χ4v) is 3.65. The molecule has 0 bridgehead atoms. The average Bonchev–Trinajstić information content (AvgIpc) is 2.71. The average molecular weight is 459 g/mol. The number of nitro groups is 1. The number of hydrogen-bond acceptors (Lipinski definition) is 5. The first kappa shape index (κ1) is 21.5. The van der Waals surface area contributed by atoms with Crippen molar-refractivity contribution in [3.05, 3.63) is 61.6 Å². The molecule has 1 heterocycles. The number of nitrogens with zero attached hydrogens (tertiary/aromatic N) is 3. The van der Waals surface area contributed by atoms with Gasteiger partial charge in [0.1, 0.15) is 16.5 Å². The van der Waals surface area contributed by atoms with Crippen LogP contribution in [0.2, 0.25) is 15.1 Å². The maximum atomic E-state index is 12.7. The molecule has 0 aliphatic carbocycles. The smallest absolute Gasteiger partial charge is 0.294 e. The van der Waals surface area contributed by atoms with Crippen LogP contribution in [0.25, 0.3) is 0 Å². The molecule has 1 unspecified atom stereocenters. The second-order valence-corrected chi connectivity index (χ2v) is 7.74. The van der Waals surface area contributed by atoms with E-state index in [9.17, 15) is 14.9 Å². The summed E-state index contributed by atoms with van der Waals surface area (Å²) in [7, 11) is 0. The predicted octanol–water partition coefficient (Wildman–Crippen LogP) is 4.67. The molecule has 3 rings (SSSR count). The Balaban J connectivity index is 1.64. The third-order valence-corrected chi connectivity index (χ3v) is 5.67. The molecule has 1 aliphatic heterocycles. The third-order valence-electron chi connectivity index (χ3n) is 4.63. The molecular formula is C19H18Cl3N3O4. The van der Waals surface area contributed by atoms with Gasteiger partial charge in [-0.3, -0.25) is 14.9 Å². The molecule has 1 atom stereocenters. The highest BCUT2D eigenvalue weighted by molar-refractivity contribution is 6.42. The monoisotopic (exact) mass is 457 g/mol. The van der Waals surface area contributed by atoms with E-state index in [4.69, 9.17) is 39.5 Å². The number of rotatable bonds is 5. The predicted molar refractivity (Wildman–Crippen MR) is 113 cm³/mol. The SMILES string of the molecule is CC(Oc1cccc(Cl)c1Cl)C(=O)N1CCN(c2ccc(Cl)cc2[N+](=O)[O-])CC1. The van der Waals surface area contributed by atoms with E-state index in [0.29, 0.717) is 47.7 Å². The Labute approximate surface area is 182 Å². The minimum atomic E-state index is -0.748. The lowest BCUT2D eigenvalue weighted by Gasteiger charge is -2.36. The van der Waals surface area contributed by atoms with Gasteiger partial charge in [-0.15, -0.1) is 0 Å². The molecule has 7 nitrogen and oxygen atoms in total. The van der Waals surface area contributed by atoms with Gasteiger partial charge in [0.25, 0.3) is 11.6 Å². The molecule has 10 heteroatoms. The third kappa shape index (κ3) is 4.86. The number of carbonyl (C=O) groups excluding carboxylic acids is 1. The van der Waals surface area contributed by atoms with Gasteiger partial charge in [0, 0.05) is 37.3 Å². The Kier molecular flexibility index (Phi) is 6.72. The summed E-state index contributed by atoms with van der Waals surface area (Å²) in [5.74, 6) is 0.154. The molecular weight excluding hydrogens is 441 g/mol. The minimum absolute atomic E-state index is 0.0513. The highest BCUT2D eigenvalue weighted by Gasteiger charge is 2.29. The number of piperazine rings is 1. The van der Waals surface area contributed by atoms with Crippen LogP contribution in [0.3, 0.4) is 0 Å². The number of amides is 1. The summed E-state index contributed by atoms with van der Waals surface area (Å²) >= 11 is 18.0. The number of anilines is 1. The molecule has 1 saturated heterocycles. The maximum Gasteiger partial charge on any atom is 0.294 e. The lowest BCUT2D eigenvalue weighted by molar-refractivity contribution is -0.384. The van der Waals surface area contributed by atoms with E-state index in [0.717, 1.165) is 0 Å². The Morgan fingerprint density at radius 2 is 1.83 bits per heavy atom. The largest absolute Gasteiger partial charge is 0.479 e. The lowest BCUT2D eigenvalue weighted by atomic mass is 10.2. The molecule has 0 radical (unpaired) electrons. The first-order chi connectivity index (χ1) is 13.8. The van der Waals surface area contributed by atoms with Crippen molar-refractivity contribution in [1.29, 1.82) is 0 Å². The molecule has 1 amide bonds. The standard InChI is InChI=1S/C19H18Cl3N3O4/c1-12(29-17-4-2-3-14(21)18(17)22)19(26)24-9-7-23(8-10-24)15-6-5-13(20)11-16(15)25(27)28/h2-6,11-12H,7-10H2,1H3. The quantitative estimate of drug-likeness (QED) is 0.481. The molecule has 2 aromatic carbocycles. The Bertz CT molecular complexity index is 933. The highest BCUT2D eigenvalue weighted by atomic mass is 35.5.